The maximum absolute atomic E-state index is 12.4. The Labute approximate surface area is 122 Å². The molecule has 0 aliphatic rings. The standard InChI is InChI=1S/C12H18N4O2S2/c1-3-13-6-11-7-14-15-12(11)20(17,18)16-9(2)10-4-5-19-8-10/h4-5,7-9,13,16H,3,6H2,1-2H3,(H,14,15). The monoisotopic (exact) mass is 314 g/mol. The fraction of sp³-hybridized carbons (Fsp3) is 0.417. The minimum Gasteiger partial charge on any atom is -0.313 e. The van der Waals surface area contributed by atoms with Gasteiger partial charge in [0.2, 0.25) is 0 Å². The summed E-state index contributed by atoms with van der Waals surface area (Å²) in [6, 6.07) is 1.63. The van der Waals surface area contributed by atoms with Gasteiger partial charge in [0.05, 0.1) is 6.20 Å². The highest BCUT2D eigenvalue weighted by atomic mass is 32.2. The molecule has 20 heavy (non-hydrogen) atoms. The predicted octanol–water partition coefficient (Wildman–Crippen LogP) is 1.62. The molecule has 0 fully saturated rings. The van der Waals surface area contributed by atoms with Gasteiger partial charge in [0, 0.05) is 18.2 Å². The maximum atomic E-state index is 12.4. The summed E-state index contributed by atoms with van der Waals surface area (Å²) < 4.78 is 27.4. The van der Waals surface area contributed by atoms with E-state index in [1.165, 1.54) is 6.20 Å². The van der Waals surface area contributed by atoms with E-state index >= 15 is 0 Å². The first-order valence-corrected chi connectivity index (χ1v) is 8.74. The molecule has 110 valence electrons. The fourth-order valence-corrected chi connectivity index (χ4v) is 3.92. The molecular formula is C12H18N4O2S2. The molecule has 2 aromatic heterocycles. The number of rotatable bonds is 7. The number of hydrogen-bond donors (Lipinski definition) is 3. The van der Waals surface area contributed by atoms with Crippen molar-refractivity contribution in [3.63, 3.8) is 0 Å². The lowest BCUT2D eigenvalue weighted by atomic mass is 10.2. The van der Waals surface area contributed by atoms with E-state index in [4.69, 9.17) is 0 Å². The second-order valence-corrected chi connectivity index (χ2v) is 6.84. The number of hydrogen-bond acceptors (Lipinski definition) is 5. The number of aromatic nitrogens is 2. The summed E-state index contributed by atoms with van der Waals surface area (Å²) in [6.45, 7) is 5.02. The third-order valence-electron chi connectivity index (χ3n) is 2.89. The molecule has 0 aliphatic heterocycles. The zero-order valence-electron chi connectivity index (χ0n) is 11.4. The van der Waals surface area contributed by atoms with Crippen LogP contribution in [0.3, 0.4) is 0 Å². The van der Waals surface area contributed by atoms with Crippen LogP contribution in [0, 0.1) is 0 Å². The van der Waals surface area contributed by atoms with Gasteiger partial charge in [-0.05, 0) is 35.9 Å². The number of nitrogens with one attached hydrogen (secondary N) is 3. The third-order valence-corrected chi connectivity index (χ3v) is 5.14. The van der Waals surface area contributed by atoms with Crippen LogP contribution in [-0.2, 0) is 16.6 Å². The quantitative estimate of drug-likeness (QED) is 0.725. The molecule has 1 atom stereocenters. The van der Waals surface area contributed by atoms with E-state index in [2.05, 4.69) is 20.2 Å². The van der Waals surface area contributed by atoms with Gasteiger partial charge >= 0.3 is 0 Å². The van der Waals surface area contributed by atoms with E-state index in [-0.39, 0.29) is 11.1 Å². The normalized spacial score (nSPS) is 13.5. The van der Waals surface area contributed by atoms with Crippen LogP contribution in [0.5, 0.6) is 0 Å². The van der Waals surface area contributed by atoms with E-state index in [1.807, 2.05) is 30.7 Å². The zero-order valence-corrected chi connectivity index (χ0v) is 13.0. The topological polar surface area (TPSA) is 86.9 Å². The minimum absolute atomic E-state index is 0.125. The molecule has 0 saturated carbocycles. The number of H-pyrrole nitrogens is 1. The third kappa shape index (κ3) is 3.45. The Morgan fingerprint density at radius 1 is 1.50 bits per heavy atom. The number of aromatic amines is 1. The van der Waals surface area contributed by atoms with Crippen molar-refractivity contribution in [1.82, 2.24) is 20.2 Å². The lowest BCUT2D eigenvalue weighted by molar-refractivity contribution is 0.560. The SMILES string of the molecule is CCNCc1cn[nH]c1S(=O)(=O)NC(C)c1ccsc1. The van der Waals surface area contributed by atoms with Crippen LogP contribution >= 0.6 is 11.3 Å². The molecule has 6 nitrogen and oxygen atoms in total. The average molecular weight is 314 g/mol. The molecule has 1 unspecified atom stereocenters. The Kier molecular flexibility index (Phi) is 4.92. The lowest BCUT2D eigenvalue weighted by Gasteiger charge is -2.13. The summed E-state index contributed by atoms with van der Waals surface area (Å²) in [5.74, 6) is 0. The highest BCUT2D eigenvalue weighted by molar-refractivity contribution is 7.89. The second-order valence-electron chi connectivity index (χ2n) is 4.40. The van der Waals surface area contributed by atoms with Crippen LogP contribution in [0.4, 0.5) is 0 Å². The Morgan fingerprint density at radius 3 is 2.95 bits per heavy atom. The molecule has 3 N–H and O–H groups in total. The summed E-state index contributed by atoms with van der Waals surface area (Å²) in [6.07, 6.45) is 1.53. The molecule has 0 saturated heterocycles. The smallest absolute Gasteiger partial charge is 0.258 e. The Morgan fingerprint density at radius 2 is 2.30 bits per heavy atom. The fourth-order valence-electron chi connectivity index (χ4n) is 1.80. The highest BCUT2D eigenvalue weighted by Crippen LogP contribution is 2.19. The van der Waals surface area contributed by atoms with Crippen molar-refractivity contribution in [2.24, 2.45) is 0 Å². The summed E-state index contributed by atoms with van der Waals surface area (Å²) >= 11 is 1.54. The highest BCUT2D eigenvalue weighted by Gasteiger charge is 2.23. The lowest BCUT2D eigenvalue weighted by Crippen LogP contribution is -2.28. The van der Waals surface area contributed by atoms with Crippen LogP contribution in [-0.4, -0.2) is 25.2 Å². The first-order valence-electron chi connectivity index (χ1n) is 6.32. The molecule has 0 amide bonds. The van der Waals surface area contributed by atoms with Crippen LogP contribution in [0.15, 0.2) is 28.0 Å². The van der Waals surface area contributed by atoms with Crippen molar-refractivity contribution in [3.8, 4) is 0 Å². The van der Waals surface area contributed by atoms with Gasteiger partial charge < -0.3 is 5.32 Å². The maximum Gasteiger partial charge on any atom is 0.258 e. The van der Waals surface area contributed by atoms with Gasteiger partial charge in [-0.25, -0.2) is 13.1 Å². The molecule has 0 bridgehead atoms. The van der Waals surface area contributed by atoms with Crippen LogP contribution in [0.25, 0.3) is 0 Å². The zero-order chi connectivity index (χ0) is 14.6. The van der Waals surface area contributed by atoms with Crippen molar-refractivity contribution in [2.75, 3.05) is 6.54 Å². The molecule has 2 heterocycles. The van der Waals surface area contributed by atoms with E-state index in [1.54, 1.807) is 11.3 Å². The number of thiophene rings is 1. The van der Waals surface area contributed by atoms with Crippen molar-refractivity contribution in [1.29, 1.82) is 0 Å². The molecular weight excluding hydrogens is 296 g/mol. The Balaban J connectivity index is 2.16. The molecule has 0 aromatic carbocycles. The van der Waals surface area contributed by atoms with E-state index in [0.29, 0.717) is 12.1 Å². The van der Waals surface area contributed by atoms with Crippen molar-refractivity contribution in [2.45, 2.75) is 31.5 Å². The van der Waals surface area contributed by atoms with Crippen molar-refractivity contribution >= 4 is 21.4 Å². The van der Waals surface area contributed by atoms with Gasteiger partial charge in [0.1, 0.15) is 0 Å². The summed E-state index contributed by atoms with van der Waals surface area (Å²) in [5.41, 5.74) is 1.59. The van der Waals surface area contributed by atoms with Gasteiger partial charge in [0.15, 0.2) is 5.03 Å². The molecule has 0 radical (unpaired) electrons. The molecule has 8 heteroatoms. The van der Waals surface area contributed by atoms with Crippen LogP contribution < -0.4 is 10.0 Å². The minimum atomic E-state index is -3.61. The van der Waals surface area contributed by atoms with Crippen molar-refractivity contribution < 1.29 is 8.42 Å². The van der Waals surface area contributed by atoms with E-state index in [9.17, 15) is 8.42 Å². The van der Waals surface area contributed by atoms with Gasteiger partial charge in [-0.2, -0.15) is 16.4 Å². The summed E-state index contributed by atoms with van der Waals surface area (Å²) in [5, 5.41) is 13.5. The van der Waals surface area contributed by atoms with Gasteiger partial charge in [-0.15, -0.1) is 0 Å². The molecule has 0 aliphatic carbocycles. The van der Waals surface area contributed by atoms with E-state index in [0.717, 1.165) is 12.1 Å². The second kappa shape index (κ2) is 6.49. The van der Waals surface area contributed by atoms with Gasteiger partial charge in [0.25, 0.3) is 10.0 Å². The average Bonchev–Trinajstić information content (AvgIpc) is 3.07. The van der Waals surface area contributed by atoms with Gasteiger partial charge in [-0.3, -0.25) is 5.10 Å². The van der Waals surface area contributed by atoms with Crippen LogP contribution in [0.2, 0.25) is 0 Å². The Hall–Kier alpha value is -1.22. The first kappa shape index (κ1) is 15.2. The molecule has 0 spiro atoms. The largest absolute Gasteiger partial charge is 0.313 e. The summed E-state index contributed by atoms with van der Waals surface area (Å²) in [7, 11) is -3.61. The summed E-state index contributed by atoms with van der Waals surface area (Å²) in [4.78, 5) is 0. The molecule has 2 rings (SSSR count). The van der Waals surface area contributed by atoms with E-state index < -0.39 is 10.0 Å². The van der Waals surface area contributed by atoms with Gasteiger partial charge in [-0.1, -0.05) is 6.92 Å². The first-order chi connectivity index (χ1) is 9.54. The number of sulfonamides is 1. The predicted molar refractivity (Wildman–Crippen MR) is 79.0 cm³/mol. The Bertz CT molecular complexity index is 634. The molecule has 2 aromatic rings. The number of nitrogens with zero attached hydrogens (tertiary/aromatic N) is 1. The van der Waals surface area contributed by atoms with Crippen molar-refractivity contribution in [3.05, 3.63) is 34.2 Å². The van der Waals surface area contributed by atoms with Crippen LogP contribution in [0.1, 0.15) is 31.0 Å².